The van der Waals surface area contributed by atoms with E-state index in [-0.39, 0.29) is 12.0 Å². The van der Waals surface area contributed by atoms with E-state index in [1.807, 2.05) is 0 Å². The molecule has 2 N–H and O–H groups in total. The highest BCUT2D eigenvalue weighted by Crippen LogP contribution is 2.14. The van der Waals surface area contributed by atoms with Crippen molar-refractivity contribution in [3.8, 4) is 0 Å². The highest BCUT2D eigenvalue weighted by atomic mass is 35.5. The van der Waals surface area contributed by atoms with Crippen LogP contribution in [0.5, 0.6) is 0 Å². The summed E-state index contributed by atoms with van der Waals surface area (Å²) in [6, 6.07) is 0. The number of carbonyl (C=O) groups is 2. The fourth-order valence-corrected chi connectivity index (χ4v) is 1.79. The van der Waals surface area contributed by atoms with E-state index in [0.717, 1.165) is 0 Å². The highest BCUT2D eigenvalue weighted by Gasteiger charge is 2.23. The number of ether oxygens (including phenoxy) is 1. The number of halogens is 1. The summed E-state index contributed by atoms with van der Waals surface area (Å²) in [6.07, 6.45) is 0.764. The lowest BCUT2D eigenvalue weighted by Gasteiger charge is -2.31. The Balaban J connectivity index is 2.29. The summed E-state index contributed by atoms with van der Waals surface area (Å²) in [5.74, 6) is 0.402. The lowest BCUT2D eigenvalue weighted by molar-refractivity contribution is -0.132. The Morgan fingerprint density at radius 3 is 2.47 bits per heavy atom. The number of carbonyl (C=O) groups excluding carboxylic acids is 2. The summed E-state index contributed by atoms with van der Waals surface area (Å²) in [4.78, 5) is 23.7. The van der Waals surface area contributed by atoms with Gasteiger partial charge in [0.15, 0.2) is 0 Å². The average Bonchev–Trinajstić information content (AvgIpc) is 2.18. The molecule has 6 heteroatoms. The van der Waals surface area contributed by atoms with Gasteiger partial charge < -0.3 is 15.4 Å². The number of piperidine rings is 1. The maximum Gasteiger partial charge on any atom is 0.404 e. The van der Waals surface area contributed by atoms with Gasteiger partial charge in [0.05, 0.1) is 0 Å². The third-order valence-corrected chi connectivity index (χ3v) is 2.57. The van der Waals surface area contributed by atoms with Gasteiger partial charge in [0.1, 0.15) is 6.10 Å². The van der Waals surface area contributed by atoms with E-state index in [1.54, 1.807) is 4.90 Å². The fourth-order valence-electron chi connectivity index (χ4n) is 1.63. The summed E-state index contributed by atoms with van der Waals surface area (Å²) in [5.41, 5.74) is 4.91. The van der Waals surface area contributed by atoms with Crippen LogP contribution in [0.4, 0.5) is 4.79 Å². The van der Waals surface area contributed by atoms with Gasteiger partial charge in [0.25, 0.3) is 0 Å². The highest BCUT2D eigenvalue weighted by molar-refractivity contribution is 6.18. The van der Waals surface area contributed by atoms with Crippen molar-refractivity contribution in [1.82, 2.24) is 4.90 Å². The van der Waals surface area contributed by atoms with Crippen molar-refractivity contribution >= 4 is 23.6 Å². The zero-order chi connectivity index (χ0) is 11.3. The summed E-state index contributed by atoms with van der Waals surface area (Å²) in [6.45, 7) is 1.21. The smallest absolute Gasteiger partial charge is 0.404 e. The molecule has 0 aromatic carbocycles. The molecule has 0 aromatic heterocycles. The molecular formula is C9H15ClN2O3. The number of rotatable bonds is 3. The van der Waals surface area contributed by atoms with E-state index in [4.69, 9.17) is 22.1 Å². The molecule has 1 heterocycles. The molecule has 0 radical (unpaired) electrons. The molecular weight excluding hydrogens is 220 g/mol. The van der Waals surface area contributed by atoms with Gasteiger partial charge in [0, 0.05) is 38.2 Å². The average molecular weight is 235 g/mol. The van der Waals surface area contributed by atoms with Gasteiger partial charge in [-0.1, -0.05) is 0 Å². The van der Waals surface area contributed by atoms with Gasteiger partial charge in [-0.2, -0.15) is 0 Å². The van der Waals surface area contributed by atoms with Crippen LogP contribution in [-0.4, -0.2) is 42.0 Å². The third-order valence-electron chi connectivity index (χ3n) is 2.39. The molecule has 1 saturated heterocycles. The monoisotopic (exact) mass is 234 g/mol. The normalized spacial score (nSPS) is 17.5. The Morgan fingerprint density at radius 2 is 2.00 bits per heavy atom. The molecule has 0 aliphatic carbocycles. The predicted molar refractivity (Wildman–Crippen MR) is 55.6 cm³/mol. The van der Waals surface area contributed by atoms with Crippen LogP contribution in [0.3, 0.4) is 0 Å². The Morgan fingerprint density at radius 1 is 1.40 bits per heavy atom. The summed E-state index contributed by atoms with van der Waals surface area (Å²) < 4.78 is 4.85. The van der Waals surface area contributed by atoms with Crippen LogP contribution >= 0.6 is 11.6 Å². The van der Waals surface area contributed by atoms with Crippen molar-refractivity contribution in [3.05, 3.63) is 0 Å². The van der Waals surface area contributed by atoms with E-state index in [2.05, 4.69) is 0 Å². The van der Waals surface area contributed by atoms with Crippen LogP contribution in [0.25, 0.3) is 0 Å². The molecule has 0 aromatic rings. The van der Waals surface area contributed by atoms with Gasteiger partial charge in [-0.15, -0.1) is 11.6 Å². The predicted octanol–water partition coefficient (Wildman–Crippen LogP) is 0.702. The van der Waals surface area contributed by atoms with Crippen molar-refractivity contribution in [1.29, 1.82) is 0 Å². The quantitative estimate of drug-likeness (QED) is 0.731. The van der Waals surface area contributed by atoms with Gasteiger partial charge >= 0.3 is 6.09 Å². The summed E-state index contributed by atoms with van der Waals surface area (Å²) >= 11 is 5.48. The van der Waals surface area contributed by atoms with Crippen LogP contribution in [0.2, 0.25) is 0 Å². The molecule has 1 aliphatic heterocycles. The minimum atomic E-state index is -0.750. The third kappa shape index (κ3) is 3.95. The topological polar surface area (TPSA) is 72.6 Å². The molecule has 0 spiro atoms. The number of hydrogen-bond donors (Lipinski definition) is 1. The van der Waals surface area contributed by atoms with E-state index in [9.17, 15) is 9.59 Å². The van der Waals surface area contributed by atoms with Crippen LogP contribution in [-0.2, 0) is 9.53 Å². The molecule has 2 amide bonds. The van der Waals surface area contributed by atoms with Crippen molar-refractivity contribution in [2.45, 2.75) is 25.4 Å². The molecule has 1 aliphatic rings. The number of alkyl halides is 1. The van der Waals surface area contributed by atoms with Gasteiger partial charge in [-0.3, -0.25) is 4.79 Å². The Labute approximate surface area is 93.5 Å². The molecule has 0 saturated carbocycles. The molecule has 0 unspecified atom stereocenters. The second kappa shape index (κ2) is 5.80. The molecule has 0 bridgehead atoms. The second-order valence-corrected chi connectivity index (χ2v) is 3.83. The summed E-state index contributed by atoms with van der Waals surface area (Å²) in [5, 5.41) is 0. The number of nitrogens with two attached hydrogens (primary N) is 1. The molecule has 1 fully saturated rings. The van der Waals surface area contributed by atoms with Crippen molar-refractivity contribution in [3.63, 3.8) is 0 Å². The van der Waals surface area contributed by atoms with Gasteiger partial charge in [-0.25, -0.2) is 4.79 Å². The fraction of sp³-hybridized carbons (Fsp3) is 0.778. The molecule has 15 heavy (non-hydrogen) atoms. The van der Waals surface area contributed by atoms with Gasteiger partial charge in [-0.05, 0) is 0 Å². The SMILES string of the molecule is NC(=O)OC1CCN(C(=O)CCCl)CC1. The minimum Gasteiger partial charge on any atom is -0.446 e. The van der Waals surface area contributed by atoms with Crippen LogP contribution in [0, 0.1) is 0 Å². The summed E-state index contributed by atoms with van der Waals surface area (Å²) in [7, 11) is 0. The first-order chi connectivity index (χ1) is 7.13. The number of primary amides is 1. The number of nitrogens with zero attached hydrogens (tertiary/aromatic N) is 1. The first-order valence-electron chi connectivity index (χ1n) is 4.93. The minimum absolute atomic E-state index is 0.0579. The van der Waals surface area contributed by atoms with Crippen LogP contribution in [0.15, 0.2) is 0 Å². The molecule has 86 valence electrons. The molecule has 5 nitrogen and oxygen atoms in total. The first kappa shape index (κ1) is 12.1. The zero-order valence-corrected chi connectivity index (χ0v) is 9.20. The Bertz CT molecular complexity index is 240. The largest absolute Gasteiger partial charge is 0.446 e. The van der Waals surface area contributed by atoms with Gasteiger partial charge in [0.2, 0.25) is 5.91 Å². The lowest BCUT2D eigenvalue weighted by Crippen LogP contribution is -2.41. The number of amides is 2. The maximum atomic E-state index is 11.4. The standard InChI is InChI=1S/C9H15ClN2O3/c10-4-1-8(13)12-5-2-7(3-6-12)15-9(11)14/h7H,1-6H2,(H2,11,14). The first-order valence-corrected chi connectivity index (χ1v) is 5.46. The number of hydrogen-bond acceptors (Lipinski definition) is 3. The van der Waals surface area contributed by atoms with E-state index < -0.39 is 6.09 Å². The number of likely N-dealkylation sites (tertiary alicyclic amines) is 1. The second-order valence-electron chi connectivity index (χ2n) is 3.46. The lowest BCUT2D eigenvalue weighted by atomic mass is 10.1. The Kier molecular flexibility index (Phi) is 4.68. The van der Waals surface area contributed by atoms with Crippen LogP contribution in [0.1, 0.15) is 19.3 Å². The van der Waals surface area contributed by atoms with Crippen LogP contribution < -0.4 is 5.73 Å². The molecule has 0 atom stereocenters. The van der Waals surface area contributed by atoms with E-state index >= 15 is 0 Å². The van der Waals surface area contributed by atoms with Crippen molar-refractivity contribution in [2.24, 2.45) is 5.73 Å². The van der Waals surface area contributed by atoms with E-state index in [0.29, 0.717) is 38.2 Å². The molecule has 1 rings (SSSR count). The maximum absolute atomic E-state index is 11.4. The van der Waals surface area contributed by atoms with Crippen molar-refractivity contribution in [2.75, 3.05) is 19.0 Å². The van der Waals surface area contributed by atoms with Crippen molar-refractivity contribution < 1.29 is 14.3 Å². The zero-order valence-electron chi connectivity index (χ0n) is 8.45. The Hall–Kier alpha value is -0.970. The van der Waals surface area contributed by atoms with E-state index in [1.165, 1.54) is 0 Å².